The van der Waals surface area contributed by atoms with Crippen molar-refractivity contribution in [2.24, 2.45) is 33.5 Å². The highest BCUT2D eigenvalue weighted by Gasteiger charge is 2.73. The number of carbonyl (C=O) groups is 4. The average Bonchev–Trinajstić information content (AvgIpc) is 3.01. The van der Waals surface area contributed by atoms with Gasteiger partial charge >= 0.3 is 5.97 Å². The zero-order valence-corrected chi connectivity index (χ0v) is 25.1. The summed E-state index contributed by atoms with van der Waals surface area (Å²) in [4.78, 5) is 52.0. The second-order valence-electron chi connectivity index (χ2n) is 14.4. The molecule has 0 spiro atoms. The number of hydrogen-bond acceptors (Lipinski definition) is 8. The first kappa shape index (κ1) is 30.5. The number of aliphatic hydroxyl groups is 3. The molecule has 4 rings (SSSR count). The number of allylic oxidation sites excluding steroid dienone is 2. The smallest absolute Gasteiger partial charge is 0.303 e. The van der Waals surface area contributed by atoms with Crippen LogP contribution in [-0.2, 0) is 23.9 Å². The van der Waals surface area contributed by atoms with Crippen LogP contribution in [0.15, 0.2) is 35.5 Å². The normalized spacial score (nSPS) is 40.4. The minimum absolute atomic E-state index is 0.00606. The summed E-state index contributed by atoms with van der Waals surface area (Å²) in [7, 11) is 0. The fraction of sp³-hybridized carbons (Fsp3) is 0.688. The number of aliphatic hydroxyl groups excluding tert-OH is 2. The Morgan fingerprint density at radius 1 is 1.02 bits per heavy atom. The number of esters is 1. The van der Waals surface area contributed by atoms with E-state index in [1.807, 2.05) is 40.7 Å². The lowest BCUT2D eigenvalue weighted by Crippen LogP contribution is -2.63. The van der Waals surface area contributed by atoms with Gasteiger partial charge in [-0.2, -0.15) is 0 Å². The molecule has 0 aliphatic heterocycles. The lowest BCUT2D eigenvalue weighted by Gasteiger charge is -2.62. The molecule has 0 aromatic carbocycles. The quantitative estimate of drug-likeness (QED) is 0.346. The van der Waals surface area contributed by atoms with Crippen LogP contribution in [0.4, 0.5) is 0 Å². The molecule has 4 aliphatic carbocycles. The predicted octanol–water partition coefficient (Wildman–Crippen LogP) is 3.42. The van der Waals surface area contributed by atoms with Gasteiger partial charge < -0.3 is 20.1 Å². The van der Waals surface area contributed by atoms with E-state index in [-0.39, 0.29) is 24.5 Å². The minimum Gasteiger partial charge on any atom is -0.456 e. The molecule has 220 valence electrons. The molecule has 0 radical (unpaired) electrons. The van der Waals surface area contributed by atoms with Crippen molar-refractivity contribution in [3.8, 4) is 0 Å². The van der Waals surface area contributed by atoms with Crippen molar-refractivity contribution in [3.63, 3.8) is 0 Å². The molecule has 2 saturated carbocycles. The number of ketones is 3. The van der Waals surface area contributed by atoms with Gasteiger partial charge in [0.2, 0.25) is 0 Å². The molecule has 0 aromatic heterocycles. The van der Waals surface area contributed by atoms with Crippen molar-refractivity contribution >= 4 is 23.3 Å². The van der Waals surface area contributed by atoms with E-state index in [1.54, 1.807) is 13.8 Å². The van der Waals surface area contributed by atoms with E-state index >= 15 is 0 Å². The van der Waals surface area contributed by atoms with E-state index in [9.17, 15) is 34.5 Å². The lowest BCUT2D eigenvalue weighted by atomic mass is 9.40. The van der Waals surface area contributed by atoms with Crippen LogP contribution in [0.5, 0.6) is 0 Å². The van der Waals surface area contributed by atoms with Crippen LogP contribution in [0.3, 0.4) is 0 Å². The van der Waals surface area contributed by atoms with Gasteiger partial charge in [0.15, 0.2) is 11.6 Å². The lowest BCUT2D eigenvalue weighted by molar-refractivity contribution is -0.171. The number of rotatable bonds is 5. The predicted molar refractivity (Wildman–Crippen MR) is 148 cm³/mol. The Labute approximate surface area is 236 Å². The monoisotopic (exact) mass is 556 g/mol. The Balaban J connectivity index is 1.77. The summed E-state index contributed by atoms with van der Waals surface area (Å²) >= 11 is 0. The molecule has 40 heavy (non-hydrogen) atoms. The fourth-order valence-corrected chi connectivity index (χ4v) is 8.78. The molecule has 0 saturated heterocycles. The third-order valence-electron chi connectivity index (χ3n) is 11.1. The Kier molecular flexibility index (Phi) is 6.90. The van der Waals surface area contributed by atoms with Crippen molar-refractivity contribution in [3.05, 3.63) is 35.5 Å². The van der Waals surface area contributed by atoms with Crippen molar-refractivity contribution < 1.29 is 39.2 Å². The molecule has 2 fully saturated rings. The van der Waals surface area contributed by atoms with E-state index in [2.05, 4.69) is 0 Å². The summed E-state index contributed by atoms with van der Waals surface area (Å²) in [5, 5.41) is 33.9. The SMILES string of the molecule is CC(=O)OC(C)(C)C=CC(=O)C(C)(O)C1C(O)CC2(C)C3CC=C4C(=CC(=O)C(O)C4(C)C)C3(C)C(=O)CC12C. The minimum atomic E-state index is -2.01. The van der Waals surface area contributed by atoms with Crippen LogP contribution in [-0.4, -0.2) is 62.0 Å². The zero-order chi connectivity index (χ0) is 30.4. The summed E-state index contributed by atoms with van der Waals surface area (Å²) < 4.78 is 5.22. The van der Waals surface area contributed by atoms with Crippen molar-refractivity contribution in [2.45, 2.75) is 105 Å². The maximum Gasteiger partial charge on any atom is 0.303 e. The maximum absolute atomic E-state index is 14.3. The van der Waals surface area contributed by atoms with E-state index in [0.29, 0.717) is 12.0 Å². The van der Waals surface area contributed by atoms with Gasteiger partial charge in [0.05, 0.1) is 11.5 Å². The Bertz CT molecular complexity index is 1270. The summed E-state index contributed by atoms with van der Waals surface area (Å²) in [5.74, 6) is -2.94. The van der Waals surface area contributed by atoms with E-state index < -0.39 is 68.5 Å². The van der Waals surface area contributed by atoms with Gasteiger partial charge in [0.25, 0.3) is 0 Å². The van der Waals surface area contributed by atoms with Crippen molar-refractivity contribution in [2.75, 3.05) is 0 Å². The van der Waals surface area contributed by atoms with Gasteiger partial charge in [-0.05, 0) is 86.7 Å². The van der Waals surface area contributed by atoms with Crippen LogP contribution in [0, 0.1) is 33.5 Å². The van der Waals surface area contributed by atoms with Crippen LogP contribution in [0.1, 0.15) is 81.6 Å². The van der Waals surface area contributed by atoms with Crippen LogP contribution < -0.4 is 0 Å². The summed E-state index contributed by atoms with van der Waals surface area (Å²) in [6.07, 6.45) is 4.55. The molecule has 0 aromatic rings. The third-order valence-corrected chi connectivity index (χ3v) is 11.1. The Morgan fingerprint density at radius 2 is 1.62 bits per heavy atom. The fourth-order valence-electron chi connectivity index (χ4n) is 8.78. The molecular formula is C32H44O8. The molecule has 8 atom stereocenters. The highest BCUT2D eigenvalue weighted by atomic mass is 16.6. The number of Topliss-reactive ketones (excluding diaryl/α,β-unsaturated/α-hetero) is 1. The van der Waals surface area contributed by atoms with Crippen LogP contribution in [0.25, 0.3) is 0 Å². The van der Waals surface area contributed by atoms with Crippen LogP contribution >= 0.6 is 0 Å². The second kappa shape index (κ2) is 9.04. The summed E-state index contributed by atoms with van der Waals surface area (Å²) in [6, 6.07) is 0. The molecule has 0 amide bonds. The summed E-state index contributed by atoms with van der Waals surface area (Å²) in [6.45, 7) is 15.3. The number of ether oxygens (including phenoxy) is 1. The van der Waals surface area contributed by atoms with Crippen LogP contribution in [0.2, 0.25) is 0 Å². The topological polar surface area (TPSA) is 138 Å². The van der Waals surface area contributed by atoms with E-state index in [4.69, 9.17) is 4.74 Å². The van der Waals surface area contributed by atoms with E-state index in [1.165, 1.54) is 32.1 Å². The first-order chi connectivity index (χ1) is 18.1. The highest BCUT2D eigenvalue weighted by Crippen LogP contribution is 2.73. The molecule has 4 aliphatic rings. The third kappa shape index (κ3) is 4.04. The molecule has 3 N–H and O–H groups in total. The second-order valence-corrected chi connectivity index (χ2v) is 14.4. The molecule has 0 heterocycles. The van der Waals surface area contributed by atoms with Crippen molar-refractivity contribution in [1.29, 1.82) is 0 Å². The largest absolute Gasteiger partial charge is 0.456 e. The molecule has 8 nitrogen and oxygen atoms in total. The number of carbonyl (C=O) groups excluding carboxylic acids is 4. The highest BCUT2D eigenvalue weighted by molar-refractivity contribution is 6.02. The van der Waals surface area contributed by atoms with Crippen molar-refractivity contribution in [1.82, 2.24) is 0 Å². The Hall–Kier alpha value is -2.42. The molecule has 0 bridgehead atoms. The van der Waals surface area contributed by atoms with Gasteiger partial charge in [-0.3, -0.25) is 19.2 Å². The Morgan fingerprint density at radius 3 is 2.20 bits per heavy atom. The van der Waals surface area contributed by atoms with Gasteiger partial charge in [-0.25, -0.2) is 0 Å². The van der Waals surface area contributed by atoms with Gasteiger partial charge in [0.1, 0.15) is 23.1 Å². The standard InChI is InChI=1S/C32H44O8/c1-17(33)40-27(2,3)13-12-23(36)32(9,39)25-21(35)15-29(6)22-11-10-18-19(14-20(34)26(38)28(18,4)5)31(22,8)24(37)16-30(25,29)7/h10,12-14,21-22,25-26,35,38-39H,11,15-16H2,1-9H3. The average molecular weight is 557 g/mol. The first-order valence-corrected chi connectivity index (χ1v) is 14.1. The van der Waals surface area contributed by atoms with Gasteiger partial charge in [-0.15, -0.1) is 0 Å². The number of fused-ring (bicyclic) bond motifs is 5. The van der Waals surface area contributed by atoms with Gasteiger partial charge in [0, 0.05) is 24.7 Å². The summed E-state index contributed by atoms with van der Waals surface area (Å²) in [5.41, 5.74) is -5.13. The molecular weight excluding hydrogens is 512 g/mol. The molecule has 8 heteroatoms. The van der Waals surface area contributed by atoms with E-state index in [0.717, 1.165) is 5.57 Å². The molecule has 8 unspecified atom stereocenters. The number of hydrogen-bond donors (Lipinski definition) is 3. The first-order valence-electron chi connectivity index (χ1n) is 14.1. The maximum atomic E-state index is 14.3. The zero-order valence-electron chi connectivity index (χ0n) is 25.1. The van der Waals surface area contributed by atoms with Gasteiger partial charge in [-0.1, -0.05) is 33.8 Å².